The molecule has 1 aromatic rings. The zero-order chi connectivity index (χ0) is 19.9. The molecule has 0 aliphatic carbocycles. The standard InChI is InChI=1S/C22H31NO4/c1-13-9-15(10-14(2)20(13)26-6)19(24)16-11-17-7-8-18(12-16)23(17)21(25)27-22(3,4)5/h9-10,16-18H,7-8,11-12H2,1-6H3. The molecule has 0 aromatic heterocycles. The molecule has 27 heavy (non-hydrogen) atoms. The Kier molecular flexibility index (Phi) is 5.24. The van der Waals surface area contributed by atoms with Gasteiger partial charge in [0.15, 0.2) is 5.78 Å². The average Bonchev–Trinajstić information content (AvgIpc) is 2.82. The maximum atomic E-state index is 13.2. The molecule has 5 heteroatoms. The van der Waals surface area contributed by atoms with Crippen molar-refractivity contribution in [2.75, 3.05) is 7.11 Å². The zero-order valence-corrected chi connectivity index (χ0v) is 17.3. The van der Waals surface area contributed by atoms with E-state index in [4.69, 9.17) is 9.47 Å². The second kappa shape index (κ2) is 7.17. The van der Waals surface area contributed by atoms with E-state index in [-0.39, 0.29) is 29.9 Å². The summed E-state index contributed by atoms with van der Waals surface area (Å²) in [5.74, 6) is 0.990. The highest BCUT2D eigenvalue weighted by Crippen LogP contribution is 2.41. The number of rotatable bonds is 3. The number of ether oxygens (including phenoxy) is 2. The zero-order valence-electron chi connectivity index (χ0n) is 17.3. The second-order valence-electron chi connectivity index (χ2n) is 8.95. The number of piperidine rings is 1. The average molecular weight is 373 g/mol. The third-order valence-electron chi connectivity index (χ3n) is 5.66. The summed E-state index contributed by atoms with van der Waals surface area (Å²) in [6.45, 7) is 9.60. The number of carbonyl (C=O) groups excluding carboxylic acids is 2. The topological polar surface area (TPSA) is 55.8 Å². The highest BCUT2D eigenvalue weighted by molar-refractivity contribution is 5.98. The van der Waals surface area contributed by atoms with Crippen LogP contribution in [-0.2, 0) is 4.74 Å². The number of methoxy groups -OCH3 is 1. The first-order chi connectivity index (χ1) is 12.6. The predicted molar refractivity (Wildman–Crippen MR) is 104 cm³/mol. The Morgan fingerprint density at radius 1 is 1.04 bits per heavy atom. The van der Waals surface area contributed by atoms with E-state index in [0.29, 0.717) is 0 Å². The van der Waals surface area contributed by atoms with Gasteiger partial charge in [-0.05, 0) is 83.6 Å². The Bertz CT molecular complexity index is 712. The van der Waals surface area contributed by atoms with Gasteiger partial charge in [-0.25, -0.2) is 4.79 Å². The van der Waals surface area contributed by atoms with Crippen LogP contribution in [0.3, 0.4) is 0 Å². The maximum absolute atomic E-state index is 13.2. The van der Waals surface area contributed by atoms with Crippen LogP contribution in [0.15, 0.2) is 12.1 Å². The van der Waals surface area contributed by atoms with E-state index in [0.717, 1.165) is 48.1 Å². The van der Waals surface area contributed by atoms with Gasteiger partial charge in [-0.3, -0.25) is 4.79 Å². The van der Waals surface area contributed by atoms with Crippen LogP contribution in [-0.4, -0.2) is 41.6 Å². The van der Waals surface area contributed by atoms with E-state index in [1.54, 1.807) is 7.11 Å². The normalized spacial score (nSPS) is 24.7. The molecule has 1 aromatic carbocycles. The third kappa shape index (κ3) is 3.97. The Balaban J connectivity index is 1.75. The Morgan fingerprint density at radius 3 is 2.00 bits per heavy atom. The highest BCUT2D eigenvalue weighted by atomic mass is 16.6. The first-order valence-electron chi connectivity index (χ1n) is 9.81. The van der Waals surface area contributed by atoms with Crippen molar-refractivity contribution in [2.24, 2.45) is 5.92 Å². The fourth-order valence-corrected chi connectivity index (χ4v) is 4.65. The number of carbonyl (C=O) groups is 2. The van der Waals surface area contributed by atoms with E-state index in [1.165, 1.54) is 0 Å². The summed E-state index contributed by atoms with van der Waals surface area (Å²) in [6.07, 6.45) is 3.11. The van der Waals surface area contributed by atoms with E-state index in [2.05, 4.69) is 0 Å². The van der Waals surface area contributed by atoms with Gasteiger partial charge in [0.25, 0.3) is 0 Å². The van der Waals surface area contributed by atoms with Crippen LogP contribution in [0.1, 0.15) is 67.9 Å². The van der Waals surface area contributed by atoms with Crippen LogP contribution >= 0.6 is 0 Å². The van der Waals surface area contributed by atoms with E-state index in [1.807, 2.05) is 51.7 Å². The quantitative estimate of drug-likeness (QED) is 0.722. The van der Waals surface area contributed by atoms with Gasteiger partial charge >= 0.3 is 6.09 Å². The fraction of sp³-hybridized carbons (Fsp3) is 0.636. The molecule has 0 N–H and O–H groups in total. The van der Waals surface area contributed by atoms with Gasteiger partial charge in [-0.15, -0.1) is 0 Å². The summed E-state index contributed by atoms with van der Waals surface area (Å²) in [6, 6.07) is 4.06. The van der Waals surface area contributed by atoms with Crippen LogP contribution < -0.4 is 4.74 Å². The fourth-order valence-electron chi connectivity index (χ4n) is 4.65. The van der Waals surface area contributed by atoms with Crippen molar-refractivity contribution in [3.05, 3.63) is 28.8 Å². The summed E-state index contributed by atoms with van der Waals surface area (Å²) < 4.78 is 11.0. The van der Waals surface area contributed by atoms with Gasteiger partial charge in [-0.2, -0.15) is 0 Å². The number of aryl methyl sites for hydroxylation is 2. The Hall–Kier alpha value is -2.04. The van der Waals surface area contributed by atoms with E-state index >= 15 is 0 Å². The van der Waals surface area contributed by atoms with Gasteiger partial charge in [0.2, 0.25) is 0 Å². The van der Waals surface area contributed by atoms with E-state index in [9.17, 15) is 9.59 Å². The van der Waals surface area contributed by atoms with Gasteiger partial charge in [0, 0.05) is 23.6 Å². The monoisotopic (exact) mass is 373 g/mol. The van der Waals surface area contributed by atoms with Crippen molar-refractivity contribution in [1.82, 2.24) is 4.90 Å². The van der Waals surface area contributed by atoms with Crippen LogP contribution in [0.25, 0.3) is 0 Å². The number of Topliss-reactive ketones (excluding diaryl/α,β-unsaturated/α-hetero) is 1. The molecule has 2 bridgehead atoms. The minimum atomic E-state index is -0.499. The molecule has 0 radical (unpaired) electrons. The lowest BCUT2D eigenvalue weighted by Gasteiger charge is -2.39. The van der Waals surface area contributed by atoms with Crippen molar-refractivity contribution < 1.29 is 19.1 Å². The molecule has 148 valence electrons. The lowest BCUT2D eigenvalue weighted by atomic mass is 9.84. The molecule has 2 fully saturated rings. The summed E-state index contributed by atoms with van der Waals surface area (Å²) in [7, 11) is 1.65. The molecule has 3 rings (SSSR count). The van der Waals surface area contributed by atoms with Crippen LogP contribution in [0.2, 0.25) is 0 Å². The largest absolute Gasteiger partial charge is 0.496 e. The molecule has 0 spiro atoms. The van der Waals surface area contributed by atoms with Crippen LogP contribution in [0, 0.1) is 19.8 Å². The van der Waals surface area contributed by atoms with Gasteiger partial charge in [-0.1, -0.05) is 0 Å². The molecule has 2 atom stereocenters. The maximum Gasteiger partial charge on any atom is 0.410 e. The van der Waals surface area contributed by atoms with Gasteiger partial charge in [0.1, 0.15) is 11.4 Å². The summed E-state index contributed by atoms with van der Waals surface area (Å²) in [5.41, 5.74) is 2.22. The Morgan fingerprint density at radius 2 is 1.56 bits per heavy atom. The molecule has 5 nitrogen and oxygen atoms in total. The number of hydrogen-bond donors (Lipinski definition) is 0. The molecule has 1 amide bonds. The van der Waals surface area contributed by atoms with Crippen molar-refractivity contribution in [3.63, 3.8) is 0 Å². The third-order valence-corrected chi connectivity index (χ3v) is 5.66. The number of ketones is 1. The van der Waals surface area contributed by atoms with Gasteiger partial charge in [0.05, 0.1) is 7.11 Å². The SMILES string of the molecule is COc1c(C)cc(C(=O)C2CC3CCC(C2)N3C(=O)OC(C)(C)C)cc1C. The molecule has 2 saturated heterocycles. The number of benzene rings is 1. The molecule has 0 saturated carbocycles. The van der Waals surface area contributed by atoms with Crippen molar-refractivity contribution in [2.45, 2.75) is 78.0 Å². The molecular weight excluding hydrogens is 342 g/mol. The number of nitrogens with zero attached hydrogens (tertiary/aromatic N) is 1. The predicted octanol–water partition coefficient (Wildman–Crippen LogP) is 4.67. The summed E-state index contributed by atoms with van der Waals surface area (Å²) in [4.78, 5) is 27.6. The van der Waals surface area contributed by atoms with E-state index < -0.39 is 5.60 Å². The first-order valence-corrected chi connectivity index (χ1v) is 9.81. The molecule has 2 aliphatic rings. The minimum Gasteiger partial charge on any atom is -0.496 e. The highest BCUT2D eigenvalue weighted by Gasteiger charge is 2.46. The number of amides is 1. The van der Waals surface area contributed by atoms with Crippen molar-refractivity contribution >= 4 is 11.9 Å². The second-order valence-corrected chi connectivity index (χ2v) is 8.95. The van der Waals surface area contributed by atoms with Crippen LogP contribution in [0.4, 0.5) is 4.79 Å². The summed E-state index contributed by atoms with van der Waals surface area (Å²) in [5, 5.41) is 0. The van der Waals surface area contributed by atoms with Crippen molar-refractivity contribution in [3.8, 4) is 5.75 Å². The smallest absolute Gasteiger partial charge is 0.410 e. The number of hydrogen-bond acceptors (Lipinski definition) is 4. The Labute approximate surface area is 162 Å². The van der Waals surface area contributed by atoms with Gasteiger partial charge < -0.3 is 14.4 Å². The minimum absolute atomic E-state index is 0.0339. The molecule has 2 aliphatic heterocycles. The lowest BCUT2D eigenvalue weighted by Crippen LogP contribution is -2.49. The number of fused-ring (bicyclic) bond motifs is 2. The first kappa shape index (κ1) is 19.7. The molecule has 2 heterocycles. The van der Waals surface area contributed by atoms with Crippen molar-refractivity contribution in [1.29, 1.82) is 0 Å². The van der Waals surface area contributed by atoms with Crippen LogP contribution in [0.5, 0.6) is 5.75 Å². The lowest BCUT2D eigenvalue weighted by molar-refractivity contribution is 0.00254. The summed E-state index contributed by atoms with van der Waals surface area (Å²) >= 11 is 0. The molecule has 2 unspecified atom stereocenters. The molecular formula is C22H31NO4.